The van der Waals surface area contributed by atoms with Crippen molar-refractivity contribution in [3.8, 4) is 0 Å². The fraction of sp³-hybridized carbons (Fsp3) is 0.529. The lowest BCUT2D eigenvalue weighted by molar-refractivity contribution is -0.140. The Kier molecular flexibility index (Phi) is 5.89. The lowest BCUT2D eigenvalue weighted by Crippen LogP contribution is -2.46. The highest BCUT2D eigenvalue weighted by atomic mass is 32.2. The van der Waals surface area contributed by atoms with Crippen LogP contribution in [0.4, 0.5) is 0 Å². The number of likely N-dealkylation sites (N-methyl/N-ethyl adjacent to an activating group) is 1. The quantitative estimate of drug-likeness (QED) is 0.836. The summed E-state index contributed by atoms with van der Waals surface area (Å²) in [5.74, 6) is 1.38. The van der Waals surface area contributed by atoms with Crippen molar-refractivity contribution in [1.29, 1.82) is 0 Å². The number of nitrogens with zero attached hydrogens (tertiary/aromatic N) is 2. The first-order valence-corrected chi connectivity index (χ1v) is 8.78. The standard InChI is InChI=1S/C17H24N2O2S/c1-13-6-4-7-14(10-13)11-22-12-16(20)19-9-5-8-15(19)17(21)18(2)3/h4,6-7,10,15H,5,8-9,11-12H2,1-3H3. The van der Waals surface area contributed by atoms with Crippen LogP contribution in [0.1, 0.15) is 24.0 Å². The molecule has 1 aliphatic rings. The van der Waals surface area contributed by atoms with Gasteiger partial charge in [-0.1, -0.05) is 29.8 Å². The highest BCUT2D eigenvalue weighted by Gasteiger charge is 2.34. The number of carbonyl (C=O) groups excluding carboxylic acids is 2. The molecule has 4 nitrogen and oxygen atoms in total. The van der Waals surface area contributed by atoms with Crippen LogP contribution in [0.3, 0.4) is 0 Å². The predicted molar refractivity (Wildman–Crippen MR) is 90.8 cm³/mol. The summed E-state index contributed by atoms with van der Waals surface area (Å²) in [7, 11) is 3.49. The molecule has 120 valence electrons. The van der Waals surface area contributed by atoms with E-state index in [2.05, 4.69) is 25.1 Å². The summed E-state index contributed by atoms with van der Waals surface area (Å²) >= 11 is 1.62. The Morgan fingerprint density at radius 2 is 2.14 bits per heavy atom. The number of aryl methyl sites for hydroxylation is 1. The monoisotopic (exact) mass is 320 g/mol. The van der Waals surface area contributed by atoms with Gasteiger partial charge in [-0.3, -0.25) is 9.59 Å². The largest absolute Gasteiger partial charge is 0.347 e. The molecular weight excluding hydrogens is 296 g/mol. The normalized spacial score (nSPS) is 17.6. The Bertz CT molecular complexity index is 545. The Morgan fingerprint density at radius 3 is 2.82 bits per heavy atom. The van der Waals surface area contributed by atoms with E-state index in [0.717, 1.165) is 18.6 Å². The fourth-order valence-corrected chi connectivity index (χ4v) is 3.62. The molecule has 0 spiro atoms. The molecule has 0 N–H and O–H groups in total. The summed E-state index contributed by atoms with van der Waals surface area (Å²) < 4.78 is 0. The van der Waals surface area contributed by atoms with E-state index in [1.54, 1.807) is 35.7 Å². The van der Waals surface area contributed by atoms with Crippen molar-refractivity contribution in [2.45, 2.75) is 31.6 Å². The molecule has 1 atom stereocenters. The maximum Gasteiger partial charge on any atom is 0.244 e. The molecule has 1 fully saturated rings. The second-order valence-corrected chi connectivity index (χ2v) is 6.95. The van der Waals surface area contributed by atoms with Crippen molar-refractivity contribution in [3.05, 3.63) is 35.4 Å². The third-order valence-corrected chi connectivity index (χ3v) is 4.86. The molecule has 22 heavy (non-hydrogen) atoms. The Morgan fingerprint density at radius 1 is 1.36 bits per heavy atom. The molecule has 2 rings (SSSR count). The average molecular weight is 320 g/mol. The molecule has 1 unspecified atom stereocenters. The molecule has 1 saturated heterocycles. The van der Waals surface area contributed by atoms with Gasteiger partial charge in [0.05, 0.1) is 5.75 Å². The van der Waals surface area contributed by atoms with Gasteiger partial charge in [-0.15, -0.1) is 11.8 Å². The van der Waals surface area contributed by atoms with E-state index in [1.165, 1.54) is 11.1 Å². The zero-order chi connectivity index (χ0) is 16.1. The lowest BCUT2D eigenvalue weighted by Gasteiger charge is -2.26. The van der Waals surface area contributed by atoms with Crippen LogP contribution in [0.15, 0.2) is 24.3 Å². The summed E-state index contributed by atoms with van der Waals surface area (Å²) in [5, 5.41) is 0. The summed E-state index contributed by atoms with van der Waals surface area (Å²) in [6, 6.07) is 8.08. The van der Waals surface area contributed by atoms with E-state index in [1.807, 2.05) is 6.07 Å². The second kappa shape index (κ2) is 7.68. The van der Waals surface area contributed by atoms with Gasteiger partial charge in [-0.2, -0.15) is 0 Å². The number of hydrogen-bond acceptors (Lipinski definition) is 3. The minimum Gasteiger partial charge on any atom is -0.347 e. The zero-order valence-electron chi connectivity index (χ0n) is 13.5. The molecule has 2 amide bonds. The van der Waals surface area contributed by atoms with E-state index < -0.39 is 0 Å². The third kappa shape index (κ3) is 4.26. The summed E-state index contributed by atoms with van der Waals surface area (Å²) in [4.78, 5) is 27.8. The molecule has 0 bridgehead atoms. The topological polar surface area (TPSA) is 40.6 Å². The second-order valence-electron chi connectivity index (χ2n) is 5.96. The van der Waals surface area contributed by atoms with Gasteiger partial charge >= 0.3 is 0 Å². The van der Waals surface area contributed by atoms with Crippen molar-refractivity contribution < 1.29 is 9.59 Å². The van der Waals surface area contributed by atoms with Gasteiger partial charge in [-0.05, 0) is 25.3 Å². The van der Waals surface area contributed by atoms with E-state index in [4.69, 9.17) is 0 Å². The molecule has 0 saturated carbocycles. The van der Waals surface area contributed by atoms with Crippen LogP contribution < -0.4 is 0 Å². The van der Waals surface area contributed by atoms with Crippen molar-refractivity contribution in [2.24, 2.45) is 0 Å². The number of benzene rings is 1. The van der Waals surface area contributed by atoms with Gasteiger partial charge in [0, 0.05) is 26.4 Å². The van der Waals surface area contributed by atoms with Crippen molar-refractivity contribution in [3.63, 3.8) is 0 Å². The molecule has 0 aliphatic carbocycles. The first-order valence-electron chi connectivity index (χ1n) is 7.63. The molecule has 0 radical (unpaired) electrons. The van der Waals surface area contributed by atoms with Crippen molar-refractivity contribution in [2.75, 3.05) is 26.4 Å². The van der Waals surface area contributed by atoms with Crippen LogP contribution in [0.25, 0.3) is 0 Å². The van der Waals surface area contributed by atoms with Crippen molar-refractivity contribution >= 4 is 23.6 Å². The maximum absolute atomic E-state index is 12.4. The van der Waals surface area contributed by atoms with E-state index >= 15 is 0 Å². The highest BCUT2D eigenvalue weighted by Crippen LogP contribution is 2.21. The van der Waals surface area contributed by atoms with Crippen molar-refractivity contribution in [1.82, 2.24) is 9.80 Å². The number of carbonyl (C=O) groups is 2. The zero-order valence-corrected chi connectivity index (χ0v) is 14.4. The third-order valence-electron chi connectivity index (χ3n) is 3.88. The molecule has 1 heterocycles. The Hall–Kier alpha value is -1.49. The highest BCUT2D eigenvalue weighted by molar-refractivity contribution is 7.99. The number of rotatable bonds is 5. The van der Waals surface area contributed by atoms with Gasteiger partial charge in [0.1, 0.15) is 6.04 Å². The molecule has 1 aromatic carbocycles. The average Bonchev–Trinajstić information content (AvgIpc) is 2.95. The van der Waals surface area contributed by atoms with Crippen LogP contribution in [-0.2, 0) is 15.3 Å². The number of amides is 2. The fourth-order valence-electron chi connectivity index (χ4n) is 2.76. The minimum absolute atomic E-state index is 0.0366. The van der Waals surface area contributed by atoms with Crippen LogP contribution >= 0.6 is 11.8 Å². The number of hydrogen-bond donors (Lipinski definition) is 0. The molecule has 1 aromatic rings. The van der Waals surface area contributed by atoms with Gasteiger partial charge < -0.3 is 9.80 Å². The van der Waals surface area contributed by atoms with Crippen LogP contribution in [0.5, 0.6) is 0 Å². The van der Waals surface area contributed by atoms with Gasteiger partial charge in [0.25, 0.3) is 0 Å². The summed E-state index contributed by atoms with van der Waals surface area (Å²) in [6.45, 7) is 2.77. The Labute approximate surface area is 136 Å². The number of thioether (sulfide) groups is 1. The van der Waals surface area contributed by atoms with Gasteiger partial charge in [0.15, 0.2) is 0 Å². The Balaban J connectivity index is 1.85. The van der Waals surface area contributed by atoms with Crippen LogP contribution in [0.2, 0.25) is 0 Å². The summed E-state index contributed by atoms with van der Waals surface area (Å²) in [6.07, 6.45) is 1.70. The van der Waals surface area contributed by atoms with E-state index in [0.29, 0.717) is 12.3 Å². The number of likely N-dealkylation sites (tertiary alicyclic amines) is 1. The van der Waals surface area contributed by atoms with Gasteiger partial charge in [-0.25, -0.2) is 0 Å². The minimum atomic E-state index is -0.262. The van der Waals surface area contributed by atoms with E-state index in [9.17, 15) is 9.59 Å². The SMILES string of the molecule is Cc1cccc(CSCC(=O)N2CCCC2C(=O)N(C)C)c1. The smallest absolute Gasteiger partial charge is 0.244 e. The molecule has 1 aliphatic heterocycles. The molecule has 5 heteroatoms. The summed E-state index contributed by atoms with van der Waals surface area (Å²) in [5.41, 5.74) is 2.47. The lowest BCUT2D eigenvalue weighted by atomic mass is 10.2. The van der Waals surface area contributed by atoms with E-state index in [-0.39, 0.29) is 17.9 Å². The first-order chi connectivity index (χ1) is 10.5. The van der Waals surface area contributed by atoms with Gasteiger partial charge in [0.2, 0.25) is 11.8 Å². The maximum atomic E-state index is 12.4. The van der Waals surface area contributed by atoms with Crippen LogP contribution in [0, 0.1) is 6.92 Å². The van der Waals surface area contributed by atoms with Crippen LogP contribution in [-0.4, -0.2) is 54.0 Å². The predicted octanol–water partition coefficient (Wildman–Crippen LogP) is 2.31. The first kappa shape index (κ1) is 16.9. The molecule has 0 aromatic heterocycles. The molecular formula is C17H24N2O2S.